The molecule has 34 heavy (non-hydrogen) atoms. The highest BCUT2D eigenvalue weighted by Gasteiger charge is 2.51. The molecule has 1 heterocycles. The van der Waals surface area contributed by atoms with Crippen molar-refractivity contribution in [2.75, 3.05) is 4.90 Å². The van der Waals surface area contributed by atoms with Gasteiger partial charge in [0.1, 0.15) is 0 Å². The SMILES string of the molecule is Cc1ccc(C)c(CN2C(=O)[C@](O)(CC(=O)c3cccc4ccccc34)c3cc(Br)ccc32)c1. The van der Waals surface area contributed by atoms with Crippen LogP contribution in [0.25, 0.3) is 10.8 Å². The van der Waals surface area contributed by atoms with Gasteiger partial charge in [-0.25, -0.2) is 0 Å². The van der Waals surface area contributed by atoms with Crippen LogP contribution in [0.3, 0.4) is 0 Å². The van der Waals surface area contributed by atoms with Gasteiger partial charge in [0.2, 0.25) is 0 Å². The van der Waals surface area contributed by atoms with Crippen molar-refractivity contribution < 1.29 is 14.7 Å². The molecule has 5 rings (SSSR count). The Morgan fingerprint density at radius 1 is 0.971 bits per heavy atom. The monoisotopic (exact) mass is 513 g/mol. The van der Waals surface area contributed by atoms with Gasteiger partial charge in [0.15, 0.2) is 11.4 Å². The molecule has 4 aromatic carbocycles. The van der Waals surface area contributed by atoms with E-state index in [9.17, 15) is 14.7 Å². The van der Waals surface area contributed by atoms with E-state index in [4.69, 9.17) is 0 Å². The molecular formula is C29H24BrNO3. The Bertz CT molecular complexity index is 1460. The van der Waals surface area contributed by atoms with Crippen molar-refractivity contribution in [3.8, 4) is 0 Å². The average molecular weight is 514 g/mol. The third-order valence-corrected chi connectivity index (χ3v) is 7.13. The van der Waals surface area contributed by atoms with Gasteiger partial charge in [0.05, 0.1) is 18.7 Å². The first-order valence-corrected chi connectivity index (χ1v) is 12.0. The fraction of sp³-hybridized carbons (Fsp3) is 0.172. The summed E-state index contributed by atoms with van der Waals surface area (Å²) < 4.78 is 0.740. The number of hydrogen-bond acceptors (Lipinski definition) is 3. The molecule has 0 aromatic heterocycles. The van der Waals surface area contributed by atoms with Crippen molar-refractivity contribution in [2.45, 2.75) is 32.4 Å². The van der Waals surface area contributed by atoms with Crippen LogP contribution in [0.2, 0.25) is 0 Å². The third kappa shape index (κ3) is 3.75. The van der Waals surface area contributed by atoms with E-state index >= 15 is 0 Å². The number of carbonyl (C=O) groups excluding carboxylic acids is 2. The van der Waals surface area contributed by atoms with Crippen LogP contribution in [-0.2, 0) is 16.9 Å². The Hall–Kier alpha value is -3.28. The van der Waals surface area contributed by atoms with Crippen LogP contribution in [-0.4, -0.2) is 16.8 Å². The van der Waals surface area contributed by atoms with Crippen LogP contribution in [0, 0.1) is 13.8 Å². The Balaban J connectivity index is 1.55. The highest BCUT2D eigenvalue weighted by molar-refractivity contribution is 9.10. The lowest BCUT2D eigenvalue weighted by Crippen LogP contribution is -2.41. The predicted octanol–water partition coefficient (Wildman–Crippen LogP) is 6.23. The number of ketones is 1. The maximum atomic E-state index is 13.7. The second-order valence-electron chi connectivity index (χ2n) is 8.97. The quantitative estimate of drug-likeness (QED) is 0.322. The summed E-state index contributed by atoms with van der Waals surface area (Å²) in [6.07, 6.45) is -0.327. The van der Waals surface area contributed by atoms with E-state index in [0.717, 1.165) is 31.9 Å². The lowest BCUT2D eigenvalue weighted by atomic mass is 9.87. The number of rotatable bonds is 5. The van der Waals surface area contributed by atoms with Gasteiger partial charge in [0, 0.05) is 15.6 Å². The number of fused-ring (bicyclic) bond motifs is 2. The number of aliphatic hydroxyl groups is 1. The van der Waals surface area contributed by atoms with Gasteiger partial charge in [-0.1, -0.05) is 82.2 Å². The molecule has 4 nitrogen and oxygen atoms in total. The number of halogens is 1. The zero-order chi connectivity index (χ0) is 24.0. The number of nitrogens with zero attached hydrogens (tertiary/aromatic N) is 1. The smallest absolute Gasteiger partial charge is 0.264 e. The van der Waals surface area contributed by atoms with Crippen molar-refractivity contribution >= 4 is 44.1 Å². The number of anilines is 1. The van der Waals surface area contributed by atoms with Gasteiger partial charge in [-0.05, 0) is 53.9 Å². The first kappa shape index (κ1) is 22.5. The zero-order valence-electron chi connectivity index (χ0n) is 19.0. The first-order chi connectivity index (χ1) is 16.3. The molecule has 0 fully saturated rings. The van der Waals surface area contributed by atoms with E-state index in [2.05, 4.69) is 22.0 Å². The van der Waals surface area contributed by atoms with Crippen LogP contribution in [0.15, 0.2) is 83.3 Å². The molecule has 0 aliphatic carbocycles. The summed E-state index contributed by atoms with van der Waals surface area (Å²) in [6, 6.07) is 24.7. The van der Waals surface area contributed by atoms with Gasteiger partial charge in [-0.15, -0.1) is 0 Å². The van der Waals surface area contributed by atoms with Gasteiger partial charge in [0.25, 0.3) is 5.91 Å². The number of aryl methyl sites for hydroxylation is 2. The van der Waals surface area contributed by atoms with Crippen LogP contribution in [0.5, 0.6) is 0 Å². The minimum Gasteiger partial charge on any atom is -0.375 e. The van der Waals surface area contributed by atoms with E-state index in [0.29, 0.717) is 23.4 Å². The molecule has 1 aliphatic heterocycles. The summed E-state index contributed by atoms with van der Waals surface area (Å²) >= 11 is 3.46. The topological polar surface area (TPSA) is 57.6 Å². The fourth-order valence-electron chi connectivity index (χ4n) is 4.79. The normalized spacial score (nSPS) is 17.3. The van der Waals surface area contributed by atoms with Crippen molar-refractivity contribution in [2.24, 2.45) is 0 Å². The second kappa shape index (κ2) is 8.49. The van der Waals surface area contributed by atoms with Crippen LogP contribution in [0.4, 0.5) is 5.69 Å². The number of carbonyl (C=O) groups is 2. The fourth-order valence-corrected chi connectivity index (χ4v) is 5.15. The minimum absolute atomic E-state index is 0.271. The molecule has 5 heteroatoms. The Kier molecular flexibility index (Phi) is 5.62. The molecular weight excluding hydrogens is 490 g/mol. The Morgan fingerprint density at radius 3 is 2.56 bits per heavy atom. The summed E-state index contributed by atoms with van der Waals surface area (Å²) in [6.45, 7) is 4.35. The number of Topliss-reactive ketones (excluding diaryl/α,β-unsaturated/α-hetero) is 1. The summed E-state index contributed by atoms with van der Waals surface area (Å²) in [7, 11) is 0. The zero-order valence-corrected chi connectivity index (χ0v) is 20.6. The van der Waals surface area contributed by atoms with E-state index in [1.54, 1.807) is 17.0 Å². The highest BCUT2D eigenvalue weighted by Crippen LogP contribution is 2.45. The van der Waals surface area contributed by atoms with Crippen molar-refractivity contribution in [3.63, 3.8) is 0 Å². The molecule has 1 N–H and O–H groups in total. The van der Waals surface area contributed by atoms with Crippen molar-refractivity contribution in [1.29, 1.82) is 0 Å². The molecule has 0 radical (unpaired) electrons. The molecule has 0 unspecified atom stereocenters. The average Bonchev–Trinajstić information content (AvgIpc) is 3.02. The number of benzene rings is 4. The summed E-state index contributed by atoms with van der Waals surface area (Å²) in [5.41, 5.74) is 2.82. The van der Waals surface area contributed by atoms with Gasteiger partial charge in [-0.3, -0.25) is 9.59 Å². The standard InChI is InChI=1S/C29H24BrNO3/c1-18-10-11-19(2)21(14-18)17-31-26-13-12-22(30)15-25(26)29(34,28(31)33)16-27(32)24-9-5-7-20-6-3-4-8-23(20)24/h3-15,34H,16-17H2,1-2H3/t29-/m0/s1. The van der Waals surface area contributed by atoms with Crippen LogP contribution >= 0.6 is 15.9 Å². The molecule has 1 aliphatic rings. The molecule has 1 amide bonds. The predicted molar refractivity (Wildman–Crippen MR) is 138 cm³/mol. The van der Waals surface area contributed by atoms with Gasteiger partial charge in [-0.2, -0.15) is 0 Å². The number of hydrogen-bond donors (Lipinski definition) is 1. The molecule has 0 bridgehead atoms. The van der Waals surface area contributed by atoms with Crippen LogP contribution < -0.4 is 4.90 Å². The Labute approximate surface area is 207 Å². The molecule has 1 atom stereocenters. The first-order valence-electron chi connectivity index (χ1n) is 11.2. The van der Waals surface area contributed by atoms with E-state index in [-0.39, 0.29) is 12.2 Å². The maximum absolute atomic E-state index is 13.7. The molecule has 0 spiro atoms. The third-order valence-electron chi connectivity index (χ3n) is 6.63. The summed E-state index contributed by atoms with van der Waals surface area (Å²) in [5.74, 6) is -0.748. The van der Waals surface area contributed by atoms with Gasteiger partial charge < -0.3 is 10.0 Å². The van der Waals surface area contributed by atoms with Gasteiger partial charge >= 0.3 is 0 Å². The number of amides is 1. The molecule has 4 aromatic rings. The van der Waals surface area contributed by atoms with E-state index in [1.165, 1.54) is 0 Å². The second-order valence-corrected chi connectivity index (χ2v) is 9.89. The molecule has 0 saturated heterocycles. The molecule has 0 saturated carbocycles. The summed E-state index contributed by atoms with van der Waals surface area (Å²) in [5, 5.41) is 13.5. The van der Waals surface area contributed by atoms with Crippen molar-refractivity contribution in [1.82, 2.24) is 0 Å². The highest BCUT2D eigenvalue weighted by atomic mass is 79.9. The lowest BCUT2D eigenvalue weighted by molar-refractivity contribution is -0.136. The Morgan fingerprint density at radius 2 is 1.74 bits per heavy atom. The summed E-state index contributed by atoms with van der Waals surface area (Å²) in [4.78, 5) is 28.8. The maximum Gasteiger partial charge on any atom is 0.264 e. The minimum atomic E-state index is -1.94. The van der Waals surface area contributed by atoms with Crippen molar-refractivity contribution in [3.05, 3.63) is 111 Å². The van der Waals surface area contributed by atoms with E-state index < -0.39 is 11.5 Å². The molecule has 170 valence electrons. The lowest BCUT2D eigenvalue weighted by Gasteiger charge is -2.23. The largest absolute Gasteiger partial charge is 0.375 e. The van der Waals surface area contributed by atoms with Crippen LogP contribution in [0.1, 0.15) is 39.0 Å². The van der Waals surface area contributed by atoms with E-state index in [1.807, 2.05) is 74.5 Å².